The smallest absolute Gasteiger partial charge is 0.137 e. The maximum atomic E-state index is 8.87. The van der Waals surface area contributed by atoms with E-state index >= 15 is 0 Å². The first-order valence-electron chi connectivity index (χ1n) is 4.68. The lowest BCUT2D eigenvalue weighted by atomic mass is 10.1. The van der Waals surface area contributed by atoms with E-state index in [0.29, 0.717) is 11.3 Å². The molecule has 3 nitrogen and oxygen atoms in total. The standard InChI is InChI=1S/C11H12N2O/c1-8-2-3-9(5-12)11(4-8)14-10-6-13-7-10/h2-4,10,13H,6-7H2,1H3. The van der Waals surface area contributed by atoms with E-state index in [4.69, 9.17) is 10.00 Å². The average molecular weight is 188 g/mol. The molecular weight excluding hydrogens is 176 g/mol. The molecule has 0 saturated carbocycles. The summed E-state index contributed by atoms with van der Waals surface area (Å²) in [5, 5.41) is 12.0. The van der Waals surface area contributed by atoms with Gasteiger partial charge in [0.25, 0.3) is 0 Å². The van der Waals surface area contributed by atoms with Gasteiger partial charge in [-0.1, -0.05) is 6.07 Å². The lowest BCUT2D eigenvalue weighted by Gasteiger charge is -2.28. The van der Waals surface area contributed by atoms with Crippen LogP contribution in [0.3, 0.4) is 0 Å². The maximum Gasteiger partial charge on any atom is 0.137 e. The van der Waals surface area contributed by atoms with E-state index in [0.717, 1.165) is 18.7 Å². The third-order valence-electron chi connectivity index (χ3n) is 2.30. The molecular formula is C11H12N2O. The third-order valence-corrected chi connectivity index (χ3v) is 2.30. The molecule has 1 aromatic carbocycles. The summed E-state index contributed by atoms with van der Waals surface area (Å²) in [7, 11) is 0. The minimum atomic E-state index is 0.226. The fourth-order valence-corrected chi connectivity index (χ4v) is 1.34. The van der Waals surface area contributed by atoms with E-state index in [1.165, 1.54) is 0 Å². The van der Waals surface area contributed by atoms with Crippen LogP contribution in [0.5, 0.6) is 5.75 Å². The Balaban J connectivity index is 2.21. The Kier molecular flexibility index (Phi) is 2.38. The van der Waals surface area contributed by atoms with Crippen LogP contribution in [0.2, 0.25) is 0 Å². The number of ether oxygens (including phenoxy) is 1. The summed E-state index contributed by atoms with van der Waals surface area (Å²) in [6, 6.07) is 7.77. The second kappa shape index (κ2) is 3.69. The van der Waals surface area contributed by atoms with Gasteiger partial charge in [0.15, 0.2) is 0 Å². The lowest BCUT2D eigenvalue weighted by Crippen LogP contribution is -2.50. The molecule has 0 aromatic heterocycles. The number of hydrogen-bond acceptors (Lipinski definition) is 3. The molecule has 0 unspecified atom stereocenters. The van der Waals surface area contributed by atoms with Gasteiger partial charge in [-0.15, -0.1) is 0 Å². The van der Waals surface area contributed by atoms with Crippen molar-refractivity contribution < 1.29 is 4.74 Å². The molecule has 14 heavy (non-hydrogen) atoms. The minimum Gasteiger partial charge on any atom is -0.486 e. The van der Waals surface area contributed by atoms with Crippen molar-refractivity contribution in [2.45, 2.75) is 13.0 Å². The molecule has 1 aromatic rings. The second-order valence-corrected chi connectivity index (χ2v) is 3.51. The van der Waals surface area contributed by atoms with Gasteiger partial charge >= 0.3 is 0 Å². The van der Waals surface area contributed by atoms with Gasteiger partial charge in [0.2, 0.25) is 0 Å². The van der Waals surface area contributed by atoms with Crippen molar-refractivity contribution >= 4 is 0 Å². The topological polar surface area (TPSA) is 45.0 Å². The Hall–Kier alpha value is -1.53. The fourth-order valence-electron chi connectivity index (χ4n) is 1.34. The zero-order chi connectivity index (χ0) is 9.97. The molecule has 1 fully saturated rings. The van der Waals surface area contributed by atoms with Gasteiger partial charge in [0, 0.05) is 13.1 Å². The molecule has 0 spiro atoms. The van der Waals surface area contributed by atoms with E-state index in [1.54, 1.807) is 6.07 Å². The Morgan fingerprint density at radius 1 is 1.50 bits per heavy atom. The van der Waals surface area contributed by atoms with Gasteiger partial charge in [0.1, 0.15) is 17.9 Å². The van der Waals surface area contributed by atoms with Crippen LogP contribution in [0.1, 0.15) is 11.1 Å². The van der Waals surface area contributed by atoms with Crippen LogP contribution >= 0.6 is 0 Å². The Morgan fingerprint density at radius 3 is 2.86 bits per heavy atom. The Morgan fingerprint density at radius 2 is 2.29 bits per heavy atom. The molecule has 1 aliphatic heterocycles. The minimum absolute atomic E-state index is 0.226. The number of aryl methyl sites for hydroxylation is 1. The highest BCUT2D eigenvalue weighted by Gasteiger charge is 2.19. The first-order chi connectivity index (χ1) is 6.79. The number of nitriles is 1. The monoisotopic (exact) mass is 188 g/mol. The molecule has 0 atom stereocenters. The SMILES string of the molecule is Cc1ccc(C#N)c(OC2CNC2)c1. The highest BCUT2D eigenvalue weighted by Crippen LogP contribution is 2.21. The Labute approximate surface area is 83.3 Å². The lowest BCUT2D eigenvalue weighted by molar-refractivity contribution is 0.142. The maximum absolute atomic E-state index is 8.87. The molecule has 3 heteroatoms. The Bertz CT molecular complexity index is 377. The van der Waals surface area contributed by atoms with Crippen molar-refractivity contribution in [3.8, 4) is 11.8 Å². The first kappa shape index (κ1) is 9.04. The van der Waals surface area contributed by atoms with Crippen LogP contribution in [-0.2, 0) is 0 Å². The highest BCUT2D eigenvalue weighted by molar-refractivity contribution is 5.45. The summed E-state index contributed by atoms with van der Waals surface area (Å²) in [5.41, 5.74) is 1.73. The zero-order valence-electron chi connectivity index (χ0n) is 8.08. The number of nitrogens with one attached hydrogen (secondary N) is 1. The van der Waals surface area contributed by atoms with Gasteiger partial charge in [-0.3, -0.25) is 0 Å². The van der Waals surface area contributed by atoms with Crippen molar-refractivity contribution in [3.05, 3.63) is 29.3 Å². The molecule has 1 N–H and O–H groups in total. The molecule has 1 aliphatic rings. The summed E-state index contributed by atoms with van der Waals surface area (Å²) < 4.78 is 5.67. The van der Waals surface area contributed by atoms with Crippen LogP contribution in [0.15, 0.2) is 18.2 Å². The summed E-state index contributed by atoms with van der Waals surface area (Å²) in [5.74, 6) is 0.707. The van der Waals surface area contributed by atoms with Crippen molar-refractivity contribution in [2.24, 2.45) is 0 Å². The van der Waals surface area contributed by atoms with Crippen molar-refractivity contribution in [1.82, 2.24) is 5.32 Å². The predicted molar refractivity (Wildman–Crippen MR) is 53.2 cm³/mol. The number of rotatable bonds is 2. The molecule has 72 valence electrons. The molecule has 0 radical (unpaired) electrons. The van der Waals surface area contributed by atoms with Crippen molar-refractivity contribution in [2.75, 3.05) is 13.1 Å². The highest BCUT2D eigenvalue weighted by atomic mass is 16.5. The van der Waals surface area contributed by atoms with E-state index in [1.807, 2.05) is 19.1 Å². The zero-order valence-corrected chi connectivity index (χ0v) is 8.08. The summed E-state index contributed by atoms with van der Waals surface area (Å²) in [6.07, 6.45) is 0.226. The molecule has 0 amide bonds. The van der Waals surface area contributed by atoms with Gasteiger partial charge < -0.3 is 10.1 Å². The summed E-state index contributed by atoms with van der Waals surface area (Å²) >= 11 is 0. The number of benzene rings is 1. The predicted octanol–water partition coefficient (Wildman–Crippen LogP) is 1.22. The van der Waals surface area contributed by atoms with E-state index < -0.39 is 0 Å². The summed E-state index contributed by atoms with van der Waals surface area (Å²) in [4.78, 5) is 0. The molecule has 2 rings (SSSR count). The van der Waals surface area contributed by atoms with Gasteiger partial charge in [-0.2, -0.15) is 5.26 Å². The summed E-state index contributed by atoms with van der Waals surface area (Å²) in [6.45, 7) is 3.74. The largest absolute Gasteiger partial charge is 0.486 e. The van der Waals surface area contributed by atoms with Crippen LogP contribution in [-0.4, -0.2) is 19.2 Å². The number of nitrogens with zero attached hydrogens (tertiary/aromatic N) is 1. The first-order valence-corrected chi connectivity index (χ1v) is 4.68. The molecule has 0 aliphatic carbocycles. The van der Waals surface area contributed by atoms with Crippen molar-refractivity contribution in [3.63, 3.8) is 0 Å². The van der Waals surface area contributed by atoms with Crippen LogP contribution in [0.25, 0.3) is 0 Å². The normalized spacial score (nSPS) is 15.7. The third kappa shape index (κ3) is 1.70. The fraction of sp³-hybridized carbons (Fsp3) is 0.364. The van der Waals surface area contributed by atoms with Crippen molar-refractivity contribution in [1.29, 1.82) is 5.26 Å². The van der Waals surface area contributed by atoms with Gasteiger partial charge in [-0.25, -0.2) is 0 Å². The van der Waals surface area contributed by atoms with E-state index in [2.05, 4.69) is 11.4 Å². The van der Waals surface area contributed by atoms with Gasteiger partial charge in [0.05, 0.1) is 5.56 Å². The molecule has 0 bridgehead atoms. The van der Waals surface area contributed by atoms with Crippen LogP contribution < -0.4 is 10.1 Å². The van der Waals surface area contributed by atoms with E-state index in [-0.39, 0.29) is 6.10 Å². The quantitative estimate of drug-likeness (QED) is 0.759. The number of hydrogen-bond donors (Lipinski definition) is 1. The van der Waals surface area contributed by atoms with E-state index in [9.17, 15) is 0 Å². The average Bonchev–Trinajstić information content (AvgIpc) is 2.12. The second-order valence-electron chi connectivity index (χ2n) is 3.51. The van der Waals surface area contributed by atoms with Crippen LogP contribution in [0, 0.1) is 18.3 Å². The van der Waals surface area contributed by atoms with Gasteiger partial charge in [-0.05, 0) is 24.6 Å². The molecule has 1 heterocycles. The van der Waals surface area contributed by atoms with Crippen LogP contribution in [0.4, 0.5) is 0 Å². The molecule has 1 saturated heterocycles.